The highest BCUT2D eigenvalue weighted by molar-refractivity contribution is 6.46. The normalized spacial score (nSPS) is 14.6. The van der Waals surface area contributed by atoms with E-state index in [4.69, 9.17) is 43.6 Å². The lowest BCUT2D eigenvalue weighted by Crippen LogP contribution is -2.29. The fourth-order valence-electron chi connectivity index (χ4n) is 4.05. The van der Waals surface area contributed by atoms with Gasteiger partial charge >= 0.3 is 0 Å². The second-order valence-electron chi connectivity index (χ2n) is 8.40. The maximum Gasteiger partial charge on any atom is 0.163 e. The first-order chi connectivity index (χ1) is 17.9. The lowest BCUT2D eigenvalue weighted by molar-refractivity contribution is 0.108. The number of halogens is 2. The quantitative estimate of drug-likeness (QED) is 0.348. The predicted octanol–water partition coefficient (Wildman–Crippen LogP) is 2.83. The van der Waals surface area contributed by atoms with Gasteiger partial charge in [-0.2, -0.15) is 0 Å². The van der Waals surface area contributed by atoms with Gasteiger partial charge in [-0.05, 0) is 32.2 Å². The molecule has 4 N–H and O–H groups in total. The largest absolute Gasteiger partial charge is 0.491 e. The van der Waals surface area contributed by atoms with E-state index in [0.717, 1.165) is 17.0 Å². The average Bonchev–Trinajstić information content (AvgIpc) is 3.33. The van der Waals surface area contributed by atoms with Crippen LogP contribution in [0.1, 0.15) is 22.6 Å². The SMILES string of the molecule is CN=C(C(Cl)=CN)c1nc(-c2cc(OC[C@H](O)CNC)ccc2Cl)nc(N2Cc3nccnc3C2)c1C. The van der Waals surface area contributed by atoms with Crippen LogP contribution in [0.2, 0.25) is 5.02 Å². The summed E-state index contributed by atoms with van der Waals surface area (Å²) in [4.78, 5) is 25.0. The van der Waals surface area contributed by atoms with Crippen LogP contribution >= 0.6 is 23.2 Å². The van der Waals surface area contributed by atoms with Gasteiger partial charge in [-0.1, -0.05) is 23.2 Å². The number of aliphatic hydroxyl groups excluding tert-OH is 1. The van der Waals surface area contributed by atoms with E-state index in [-0.39, 0.29) is 11.6 Å². The molecule has 2 aromatic heterocycles. The highest BCUT2D eigenvalue weighted by Crippen LogP contribution is 2.35. The first-order valence-electron chi connectivity index (χ1n) is 11.6. The van der Waals surface area contributed by atoms with Crippen molar-refractivity contribution >= 4 is 34.7 Å². The van der Waals surface area contributed by atoms with Gasteiger partial charge in [-0.25, -0.2) is 9.97 Å². The van der Waals surface area contributed by atoms with Gasteiger partial charge in [0.1, 0.15) is 30.0 Å². The van der Waals surface area contributed by atoms with Gasteiger partial charge in [-0.3, -0.25) is 15.0 Å². The van der Waals surface area contributed by atoms with E-state index in [1.165, 1.54) is 6.20 Å². The number of allylic oxidation sites excluding steroid dienone is 1. The molecule has 0 aliphatic carbocycles. The van der Waals surface area contributed by atoms with E-state index < -0.39 is 6.10 Å². The molecule has 194 valence electrons. The van der Waals surface area contributed by atoms with Crippen LogP contribution in [0.3, 0.4) is 0 Å². The number of anilines is 1. The van der Waals surface area contributed by atoms with Gasteiger partial charge in [0.2, 0.25) is 0 Å². The molecule has 10 nitrogen and oxygen atoms in total. The predicted molar refractivity (Wildman–Crippen MR) is 145 cm³/mol. The number of aromatic nitrogens is 4. The van der Waals surface area contributed by atoms with Gasteiger partial charge in [0.05, 0.1) is 40.2 Å². The van der Waals surface area contributed by atoms with Crippen LogP contribution in [0, 0.1) is 6.92 Å². The summed E-state index contributed by atoms with van der Waals surface area (Å²) >= 11 is 13.0. The second-order valence-corrected chi connectivity index (χ2v) is 9.22. The van der Waals surface area contributed by atoms with Crippen molar-refractivity contribution in [3.63, 3.8) is 0 Å². The summed E-state index contributed by atoms with van der Waals surface area (Å²) in [6, 6.07) is 5.19. The van der Waals surface area contributed by atoms with Crippen molar-refractivity contribution < 1.29 is 9.84 Å². The molecule has 0 amide bonds. The van der Waals surface area contributed by atoms with E-state index in [2.05, 4.69) is 25.2 Å². The summed E-state index contributed by atoms with van der Waals surface area (Å²) in [5, 5.41) is 13.6. The standard InChI is InChI=1S/C25H28Cl2N8O2/c1-14-22(23(30-3)19(27)9-28)33-24(34-25(14)35-11-20-21(12-35)32-7-6-31-20)17-8-16(4-5-18(17)26)37-13-15(36)10-29-2/h4-9,15,29,36H,10-13,28H2,1-3H3/t15-/m1/s1. The number of hydrogen-bond acceptors (Lipinski definition) is 10. The Morgan fingerprint density at radius 2 is 1.97 bits per heavy atom. The third kappa shape index (κ3) is 5.83. The molecule has 12 heteroatoms. The molecule has 1 atom stereocenters. The molecule has 0 fully saturated rings. The van der Waals surface area contributed by atoms with Crippen LogP contribution in [0.5, 0.6) is 5.75 Å². The molecule has 0 unspecified atom stereocenters. The van der Waals surface area contributed by atoms with Crippen molar-refractivity contribution in [2.45, 2.75) is 26.1 Å². The maximum absolute atomic E-state index is 10.0. The van der Waals surface area contributed by atoms with Crippen LogP contribution < -0.4 is 20.7 Å². The fourth-order valence-corrected chi connectivity index (χ4v) is 4.42. The lowest BCUT2D eigenvalue weighted by Gasteiger charge is -2.22. The highest BCUT2D eigenvalue weighted by Gasteiger charge is 2.27. The van der Waals surface area contributed by atoms with E-state index in [0.29, 0.717) is 59.0 Å². The van der Waals surface area contributed by atoms with Crippen LogP contribution in [0.25, 0.3) is 11.4 Å². The summed E-state index contributed by atoms with van der Waals surface area (Å²) in [5.41, 5.74) is 9.78. The number of nitrogens with two attached hydrogens (primary N) is 1. The average molecular weight is 543 g/mol. The number of ether oxygens (including phenoxy) is 1. The molecule has 3 heterocycles. The monoisotopic (exact) mass is 542 g/mol. The summed E-state index contributed by atoms with van der Waals surface area (Å²) in [5.74, 6) is 1.56. The maximum atomic E-state index is 10.0. The van der Waals surface area contributed by atoms with Crippen molar-refractivity contribution in [3.05, 3.63) is 69.5 Å². The molecule has 0 saturated heterocycles. The Labute approximate surface area is 225 Å². The molecule has 0 saturated carbocycles. The number of hydrogen-bond donors (Lipinski definition) is 3. The number of rotatable bonds is 9. The number of fused-ring (bicyclic) bond motifs is 1. The van der Waals surface area contributed by atoms with E-state index in [1.807, 2.05) is 6.92 Å². The first-order valence-corrected chi connectivity index (χ1v) is 12.3. The molecular formula is C25H28Cl2N8O2. The Balaban J connectivity index is 1.81. The Bertz CT molecular complexity index is 1320. The Morgan fingerprint density at radius 1 is 1.27 bits per heavy atom. The van der Waals surface area contributed by atoms with Crippen molar-refractivity contribution in [2.24, 2.45) is 10.7 Å². The Morgan fingerprint density at radius 3 is 2.59 bits per heavy atom. The number of aliphatic imine (C=N–C) groups is 1. The molecule has 1 aliphatic heterocycles. The van der Waals surface area contributed by atoms with Crippen molar-refractivity contribution in [2.75, 3.05) is 32.1 Å². The minimum absolute atomic E-state index is 0.114. The Hall–Kier alpha value is -3.31. The van der Waals surface area contributed by atoms with Crippen molar-refractivity contribution in [3.8, 4) is 17.1 Å². The molecule has 4 rings (SSSR count). The molecular weight excluding hydrogens is 515 g/mol. The third-order valence-electron chi connectivity index (χ3n) is 5.84. The first kappa shape index (κ1) is 26.7. The molecule has 0 radical (unpaired) electrons. The Kier molecular flexibility index (Phi) is 8.55. The summed E-state index contributed by atoms with van der Waals surface area (Å²) in [6.45, 7) is 3.51. The number of nitrogens with zero attached hydrogens (tertiary/aromatic N) is 6. The summed E-state index contributed by atoms with van der Waals surface area (Å²) in [6.07, 6.45) is 3.98. The lowest BCUT2D eigenvalue weighted by atomic mass is 10.1. The van der Waals surface area contributed by atoms with Gasteiger partial charge in [0.25, 0.3) is 0 Å². The zero-order chi connectivity index (χ0) is 26.5. The van der Waals surface area contributed by atoms with Gasteiger partial charge in [0.15, 0.2) is 5.82 Å². The highest BCUT2D eigenvalue weighted by atomic mass is 35.5. The van der Waals surface area contributed by atoms with Crippen molar-refractivity contribution in [1.29, 1.82) is 0 Å². The van der Waals surface area contributed by atoms with Crippen molar-refractivity contribution in [1.82, 2.24) is 25.3 Å². The topological polar surface area (TPSA) is 135 Å². The minimum Gasteiger partial charge on any atom is -0.491 e. The van der Waals surface area contributed by atoms with E-state index >= 15 is 0 Å². The number of likely N-dealkylation sites (N-methyl/N-ethyl adjacent to an activating group) is 1. The molecule has 3 aromatic rings. The molecule has 0 spiro atoms. The number of aliphatic hydroxyl groups is 1. The number of benzene rings is 1. The zero-order valence-electron chi connectivity index (χ0n) is 20.7. The van der Waals surface area contributed by atoms with Gasteiger partial charge < -0.3 is 25.8 Å². The third-order valence-corrected chi connectivity index (χ3v) is 6.48. The fraction of sp³-hybridized carbons (Fsp3) is 0.320. The van der Waals surface area contributed by atoms with Gasteiger partial charge in [0, 0.05) is 43.3 Å². The summed E-state index contributed by atoms with van der Waals surface area (Å²) < 4.78 is 5.79. The van der Waals surface area contributed by atoms with Crippen LogP contribution in [0.15, 0.2) is 46.8 Å². The van der Waals surface area contributed by atoms with Crippen LogP contribution in [-0.4, -0.2) is 64.1 Å². The zero-order valence-corrected chi connectivity index (χ0v) is 22.3. The molecule has 1 aromatic carbocycles. The molecule has 37 heavy (non-hydrogen) atoms. The second kappa shape index (κ2) is 11.8. The minimum atomic E-state index is -0.662. The van der Waals surface area contributed by atoms with Gasteiger partial charge in [-0.15, -0.1) is 0 Å². The van der Waals surface area contributed by atoms with Crippen LogP contribution in [0.4, 0.5) is 5.82 Å². The molecule has 1 aliphatic rings. The van der Waals surface area contributed by atoms with E-state index in [1.54, 1.807) is 44.7 Å². The smallest absolute Gasteiger partial charge is 0.163 e. The van der Waals surface area contributed by atoms with Crippen LogP contribution in [-0.2, 0) is 13.1 Å². The number of nitrogens with one attached hydrogen (secondary N) is 1. The molecule has 0 bridgehead atoms. The van der Waals surface area contributed by atoms with E-state index in [9.17, 15) is 5.11 Å². The summed E-state index contributed by atoms with van der Waals surface area (Å²) in [7, 11) is 3.39.